The molecule has 0 rings (SSSR count). The molecule has 0 atom stereocenters. The zero-order valence-corrected chi connectivity index (χ0v) is 5.12. The van der Waals surface area contributed by atoms with Gasteiger partial charge < -0.3 is 0 Å². The second-order valence-electron chi connectivity index (χ2n) is 0.921. The number of halogens is 3. The first kappa shape index (κ1) is 12.0. The first-order valence-electron chi connectivity index (χ1n) is 1.29. The zero-order chi connectivity index (χ0) is 7.00. The van der Waals surface area contributed by atoms with Crippen LogP contribution in [0.2, 0.25) is 0 Å². The standard InChI is InChI=1S/CHF3O3S.Li/c2-1(3,4)8(5,6)7;/h(H,5,6,7);/q;+1. The number of alkyl halides is 3. The van der Waals surface area contributed by atoms with E-state index in [-0.39, 0.29) is 18.9 Å². The molecule has 9 heavy (non-hydrogen) atoms. The third-order valence-electron chi connectivity index (χ3n) is 0.292. The average Bonchev–Trinajstić information content (AvgIpc) is 1.25. The van der Waals surface area contributed by atoms with Crippen LogP contribution in [-0.4, -0.2) is 18.5 Å². The molecule has 0 aliphatic carbocycles. The molecule has 0 aromatic carbocycles. The van der Waals surface area contributed by atoms with Crippen molar-refractivity contribution in [2.24, 2.45) is 0 Å². The van der Waals surface area contributed by atoms with Gasteiger partial charge in [-0.15, -0.1) is 0 Å². The molecule has 0 unspecified atom stereocenters. The van der Waals surface area contributed by atoms with Gasteiger partial charge in [-0.05, 0) is 0 Å². The Morgan fingerprint density at radius 2 is 1.33 bits per heavy atom. The molecule has 1 N–H and O–H groups in total. The number of hydrogen-bond donors (Lipinski definition) is 1. The van der Waals surface area contributed by atoms with Crippen LogP contribution in [0.5, 0.6) is 0 Å². The third kappa shape index (κ3) is 3.81. The van der Waals surface area contributed by atoms with Gasteiger partial charge in [0, 0.05) is 0 Å². The molecule has 50 valence electrons. The maximum Gasteiger partial charge on any atom is 1.00 e. The molecule has 0 radical (unpaired) electrons. The van der Waals surface area contributed by atoms with Crippen LogP contribution in [-0.2, 0) is 10.1 Å². The van der Waals surface area contributed by atoms with Gasteiger partial charge in [-0.25, -0.2) is 0 Å². The summed E-state index contributed by atoms with van der Waals surface area (Å²) in [5, 5.41) is 0. The normalized spacial score (nSPS) is 12.4. The fourth-order valence-electron chi connectivity index (χ4n) is 0. The topological polar surface area (TPSA) is 54.4 Å². The molecule has 0 aromatic heterocycles. The molecule has 0 saturated heterocycles. The summed E-state index contributed by atoms with van der Waals surface area (Å²) in [5.41, 5.74) is -5.53. The Balaban J connectivity index is 0. The minimum atomic E-state index is -5.84. The van der Waals surface area contributed by atoms with E-state index in [0.717, 1.165) is 0 Å². The van der Waals surface area contributed by atoms with E-state index in [1.165, 1.54) is 0 Å². The van der Waals surface area contributed by atoms with E-state index >= 15 is 0 Å². The SMILES string of the molecule is O=S(=O)(O)C(F)(F)F.[Li+]. The van der Waals surface area contributed by atoms with Crippen LogP contribution in [0.15, 0.2) is 0 Å². The molecule has 8 heteroatoms. The molecule has 3 nitrogen and oxygen atoms in total. The van der Waals surface area contributed by atoms with Crippen molar-refractivity contribution in [3.63, 3.8) is 0 Å². The molecular weight excluding hydrogens is 156 g/mol. The molecule has 0 spiro atoms. The van der Waals surface area contributed by atoms with Crippen LogP contribution in [0.1, 0.15) is 0 Å². The molecule has 0 aliphatic heterocycles. The Labute approximate surface area is 61.2 Å². The van der Waals surface area contributed by atoms with Crippen molar-refractivity contribution in [2.45, 2.75) is 5.51 Å². The van der Waals surface area contributed by atoms with E-state index in [1.54, 1.807) is 0 Å². The van der Waals surface area contributed by atoms with Crippen molar-refractivity contribution >= 4 is 10.1 Å². The molecular formula is CHF3LiO3S+. The molecule has 0 aliphatic rings. The van der Waals surface area contributed by atoms with Crippen molar-refractivity contribution in [3.05, 3.63) is 0 Å². The van der Waals surface area contributed by atoms with E-state index < -0.39 is 15.6 Å². The summed E-state index contributed by atoms with van der Waals surface area (Å²) in [6.45, 7) is 0. The molecule has 0 amide bonds. The van der Waals surface area contributed by atoms with Crippen LogP contribution < -0.4 is 18.9 Å². The number of rotatable bonds is 0. The minimum Gasteiger partial charge on any atom is -0.279 e. The van der Waals surface area contributed by atoms with Crippen LogP contribution in [0.25, 0.3) is 0 Å². The fraction of sp³-hybridized carbons (Fsp3) is 1.00. The predicted octanol–water partition coefficient (Wildman–Crippen LogP) is -2.60. The van der Waals surface area contributed by atoms with Crippen LogP contribution in [0, 0.1) is 0 Å². The molecule has 0 aromatic rings. The van der Waals surface area contributed by atoms with Gasteiger partial charge in [-0.3, -0.25) is 4.55 Å². The average molecular weight is 157 g/mol. The Hall–Kier alpha value is 0.297. The Morgan fingerprint density at radius 3 is 1.33 bits per heavy atom. The molecule has 0 fully saturated rings. The minimum absolute atomic E-state index is 0. The van der Waals surface area contributed by atoms with Gasteiger partial charge in [0.15, 0.2) is 0 Å². The number of hydrogen-bond acceptors (Lipinski definition) is 2. The van der Waals surface area contributed by atoms with Crippen molar-refractivity contribution in [3.8, 4) is 0 Å². The van der Waals surface area contributed by atoms with Crippen molar-refractivity contribution in [2.75, 3.05) is 0 Å². The monoisotopic (exact) mass is 157 g/mol. The van der Waals surface area contributed by atoms with Crippen molar-refractivity contribution in [1.29, 1.82) is 0 Å². The third-order valence-corrected chi connectivity index (χ3v) is 0.877. The maximum absolute atomic E-state index is 10.7. The maximum atomic E-state index is 10.7. The second kappa shape index (κ2) is 2.92. The smallest absolute Gasteiger partial charge is 0.279 e. The molecule has 0 heterocycles. The van der Waals surface area contributed by atoms with Gasteiger partial charge in [0.2, 0.25) is 0 Å². The van der Waals surface area contributed by atoms with E-state index in [4.69, 9.17) is 13.0 Å². The van der Waals surface area contributed by atoms with Crippen molar-refractivity contribution < 1.29 is 45.0 Å². The van der Waals surface area contributed by atoms with Crippen LogP contribution in [0.3, 0.4) is 0 Å². The van der Waals surface area contributed by atoms with E-state index in [2.05, 4.69) is 0 Å². The molecule has 0 saturated carbocycles. The van der Waals surface area contributed by atoms with Gasteiger partial charge >= 0.3 is 34.5 Å². The summed E-state index contributed by atoms with van der Waals surface area (Å²) < 4.78 is 57.5. The van der Waals surface area contributed by atoms with Crippen LogP contribution >= 0.6 is 0 Å². The van der Waals surface area contributed by atoms with Gasteiger partial charge in [0.25, 0.3) is 0 Å². The van der Waals surface area contributed by atoms with Crippen LogP contribution in [0.4, 0.5) is 13.2 Å². The zero-order valence-electron chi connectivity index (χ0n) is 4.31. The summed E-state index contributed by atoms with van der Waals surface area (Å²) in [6, 6.07) is 0. The van der Waals surface area contributed by atoms with Gasteiger partial charge in [0.05, 0.1) is 0 Å². The summed E-state index contributed by atoms with van der Waals surface area (Å²) in [7, 11) is -5.84. The predicted molar refractivity (Wildman–Crippen MR) is 17.6 cm³/mol. The Kier molecular flexibility index (Phi) is 3.90. The Bertz CT molecular complexity index is 168. The van der Waals surface area contributed by atoms with E-state index in [9.17, 15) is 13.2 Å². The second-order valence-corrected chi connectivity index (χ2v) is 2.33. The fourth-order valence-corrected chi connectivity index (χ4v) is 0. The van der Waals surface area contributed by atoms with Gasteiger partial charge in [0.1, 0.15) is 0 Å². The summed E-state index contributed by atoms with van der Waals surface area (Å²) in [5.74, 6) is 0. The summed E-state index contributed by atoms with van der Waals surface area (Å²) >= 11 is 0. The quantitative estimate of drug-likeness (QED) is 0.238. The van der Waals surface area contributed by atoms with E-state index in [1.807, 2.05) is 0 Å². The van der Waals surface area contributed by atoms with Gasteiger partial charge in [-0.2, -0.15) is 21.6 Å². The van der Waals surface area contributed by atoms with E-state index in [0.29, 0.717) is 0 Å². The van der Waals surface area contributed by atoms with Gasteiger partial charge in [-0.1, -0.05) is 0 Å². The van der Waals surface area contributed by atoms with Crippen molar-refractivity contribution in [1.82, 2.24) is 0 Å². The largest absolute Gasteiger partial charge is 1.00 e. The Morgan fingerprint density at radius 1 is 1.22 bits per heavy atom. The first-order valence-corrected chi connectivity index (χ1v) is 2.73. The summed E-state index contributed by atoms with van der Waals surface area (Å²) in [6.07, 6.45) is 0. The summed E-state index contributed by atoms with van der Waals surface area (Å²) in [4.78, 5) is 0. The first-order chi connectivity index (χ1) is 3.25. The molecule has 0 bridgehead atoms.